The molecule has 2 fully saturated rings. The summed E-state index contributed by atoms with van der Waals surface area (Å²) >= 11 is 11.4. The first-order chi connectivity index (χ1) is 20.4. The molecule has 2 aliphatic heterocycles. The highest BCUT2D eigenvalue weighted by molar-refractivity contribution is 8.08. The Bertz CT molecular complexity index is 1010. The van der Waals surface area contributed by atoms with Crippen LogP contribution in [0.3, 0.4) is 0 Å². The second-order valence-electron chi connectivity index (χ2n) is 9.67. The Hall–Kier alpha value is -0.660. The fourth-order valence-electron chi connectivity index (χ4n) is 3.86. The van der Waals surface area contributed by atoms with E-state index in [2.05, 4.69) is 0 Å². The third-order valence-corrected chi connectivity index (χ3v) is 14.6. The highest BCUT2D eigenvalue weighted by atomic mass is 32.2. The van der Waals surface area contributed by atoms with Gasteiger partial charge in [-0.15, -0.1) is 11.8 Å². The number of carbonyl (C=O) groups is 2. The van der Waals surface area contributed by atoms with Crippen LogP contribution in [0.1, 0.15) is 20.8 Å². The summed E-state index contributed by atoms with van der Waals surface area (Å²) in [6.45, 7) is 5.95. The topological polar surface area (TPSA) is 71.1 Å². The first-order valence-electron chi connectivity index (χ1n) is 14.0. The molecule has 1 aromatic rings. The number of hydrogen-bond donors (Lipinski definition) is 0. The maximum atomic E-state index is 12.4. The van der Waals surface area contributed by atoms with E-state index in [-0.39, 0.29) is 31.3 Å². The van der Waals surface area contributed by atoms with Crippen LogP contribution in [0.5, 0.6) is 11.5 Å². The number of benzene rings is 1. The van der Waals surface area contributed by atoms with Gasteiger partial charge in [-0.1, -0.05) is 18.2 Å². The second-order valence-corrected chi connectivity index (χ2v) is 17.3. The Kier molecular flexibility index (Phi) is 17.4. The van der Waals surface area contributed by atoms with Gasteiger partial charge in [0.2, 0.25) is 0 Å². The Morgan fingerprint density at radius 2 is 1.60 bits per heavy atom. The molecule has 4 atom stereocenters. The zero-order valence-electron chi connectivity index (χ0n) is 24.5. The molecular formula is C30H42O6S6. The van der Waals surface area contributed by atoms with Crippen LogP contribution in [0.4, 0.5) is 0 Å². The molecule has 0 aliphatic carbocycles. The standard InChI is InChI=1S/C30H42O6S6/c1-4-7-28(31)35-25(17-39-20-26-18-37-11-13-40-26)16-33-23-9-6-10-24(15-23)34-22-30(3,36-29(32)8-5-2)42-21-27-19-38-12-14-41-27/h4-10,15,25-27H,11-14,16-22H2,1-3H3. The summed E-state index contributed by atoms with van der Waals surface area (Å²) in [5.41, 5.74) is 0. The summed E-state index contributed by atoms with van der Waals surface area (Å²) in [5, 5.41) is 1.16. The summed E-state index contributed by atoms with van der Waals surface area (Å²) in [6, 6.07) is 7.40. The molecule has 0 amide bonds. The normalized spacial score (nSPS) is 21.5. The molecule has 0 saturated carbocycles. The molecule has 3 rings (SSSR count). The van der Waals surface area contributed by atoms with Gasteiger partial charge in [0.1, 0.15) is 30.8 Å². The third kappa shape index (κ3) is 14.4. The third-order valence-electron chi connectivity index (χ3n) is 5.90. The highest BCUT2D eigenvalue weighted by Gasteiger charge is 2.32. The lowest BCUT2D eigenvalue weighted by Gasteiger charge is -2.31. The summed E-state index contributed by atoms with van der Waals surface area (Å²) in [5.74, 6) is 10.2. The average Bonchev–Trinajstić information content (AvgIpc) is 2.99. The molecule has 0 aromatic heterocycles. The van der Waals surface area contributed by atoms with Crippen LogP contribution in [0.2, 0.25) is 0 Å². The number of esters is 2. The van der Waals surface area contributed by atoms with E-state index in [1.807, 2.05) is 90.0 Å². The van der Waals surface area contributed by atoms with Gasteiger partial charge in [-0.2, -0.15) is 58.8 Å². The minimum atomic E-state index is -0.839. The monoisotopic (exact) mass is 690 g/mol. The van der Waals surface area contributed by atoms with Gasteiger partial charge in [0.05, 0.1) is 0 Å². The Morgan fingerprint density at radius 1 is 0.952 bits per heavy atom. The van der Waals surface area contributed by atoms with Crippen molar-refractivity contribution < 1.29 is 28.5 Å². The summed E-state index contributed by atoms with van der Waals surface area (Å²) in [6.07, 6.45) is 5.86. The van der Waals surface area contributed by atoms with Crippen molar-refractivity contribution >= 4 is 82.5 Å². The van der Waals surface area contributed by atoms with Crippen LogP contribution in [0.15, 0.2) is 48.6 Å². The fraction of sp³-hybridized carbons (Fsp3) is 0.600. The molecule has 1 aromatic carbocycles. The molecule has 12 heteroatoms. The first kappa shape index (κ1) is 35.8. The molecule has 0 bridgehead atoms. The first-order valence-corrected chi connectivity index (χ1v) is 20.6. The summed E-state index contributed by atoms with van der Waals surface area (Å²) < 4.78 is 23.8. The number of ether oxygens (including phenoxy) is 4. The number of allylic oxidation sites excluding steroid dienone is 2. The average molecular weight is 691 g/mol. The summed E-state index contributed by atoms with van der Waals surface area (Å²) in [7, 11) is 0. The van der Waals surface area contributed by atoms with Crippen LogP contribution in [-0.2, 0) is 19.1 Å². The van der Waals surface area contributed by atoms with Gasteiger partial charge in [-0.3, -0.25) is 0 Å². The SMILES string of the molecule is CC=CC(=O)OC(COc1cccc(OCC(C)(OC(=O)C=CC)SCC2CSCCS2)c1)CSCC1CSCCS1. The lowest BCUT2D eigenvalue weighted by Crippen LogP contribution is -2.36. The van der Waals surface area contributed by atoms with E-state index in [1.54, 1.807) is 37.8 Å². The maximum absolute atomic E-state index is 12.4. The Labute approximate surface area is 276 Å². The highest BCUT2D eigenvalue weighted by Crippen LogP contribution is 2.34. The van der Waals surface area contributed by atoms with Crippen LogP contribution < -0.4 is 9.47 Å². The zero-order chi connectivity index (χ0) is 30.0. The van der Waals surface area contributed by atoms with Gasteiger partial charge in [-0.25, -0.2) is 9.59 Å². The van der Waals surface area contributed by atoms with Crippen LogP contribution in [0.25, 0.3) is 0 Å². The minimum Gasteiger partial charge on any atom is -0.490 e. The zero-order valence-corrected chi connectivity index (χ0v) is 29.4. The van der Waals surface area contributed by atoms with Gasteiger partial charge in [-0.05, 0) is 32.9 Å². The molecule has 0 N–H and O–H groups in total. The fourth-order valence-corrected chi connectivity index (χ4v) is 12.1. The number of hydrogen-bond acceptors (Lipinski definition) is 12. The van der Waals surface area contributed by atoms with Crippen molar-refractivity contribution in [1.82, 2.24) is 0 Å². The molecule has 234 valence electrons. The van der Waals surface area contributed by atoms with Crippen molar-refractivity contribution in [2.45, 2.75) is 42.3 Å². The van der Waals surface area contributed by atoms with Crippen LogP contribution >= 0.6 is 70.6 Å². The number of carbonyl (C=O) groups excluding carboxylic acids is 2. The maximum Gasteiger partial charge on any atom is 0.331 e. The van der Waals surface area contributed by atoms with E-state index < -0.39 is 4.93 Å². The Morgan fingerprint density at radius 3 is 2.24 bits per heavy atom. The van der Waals surface area contributed by atoms with E-state index in [9.17, 15) is 9.59 Å². The lowest BCUT2D eigenvalue weighted by molar-refractivity contribution is -0.146. The molecule has 0 spiro atoms. The molecule has 0 radical (unpaired) electrons. The molecule has 42 heavy (non-hydrogen) atoms. The Balaban J connectivity index is 1.56. The van der Waals surface area contributed by atoms with Crippen molar-refractivity contribution in [1.29, 1.82) is 0 Å². The van der Waals surface area contributed by atoms with E-state index in [4.69, 9.17) is 18.9 Å². The van der Waals surface area contributed by atoms with Gasteiger partial charge in [0.25, 0.3) is 0 Å². The molecule has 6 nitrogen and oxygen atoms in total. The van der Waals surface area contributed by atoms with Crippen molar-refractivity contribution in [3.63, 3.8) is 0 Å². The van der Waals surface area contributed by atoms with Gasteiger partial charge >= 0.3 is 11.9 Å². The largest absolute Gasteiger partial charge is 0.490 e. The predicted octanol–water partition coefficient (Wildman–Crippen LogP) is 6.93. The second kappa shape index (κ2) is 20.4. The molecular weight excluding hydrogens is 649 g/mol. The van der Waals surface area contributed by atoms with Gasteiger partial charge < -0.3 is 18.9 Å². The lowest BCUT2D eigenvalue weighted by atomic mass is 10.3. The van der Waals surface area contributed by atoms with Crippen LogP contribution in [0, 0.1) is 0 Å². The minimum absolute atomic E-state index is 0.201. The van der Waals surface area contributed by atoms with Crippen molar-refractivity contribution in [2.75, 3.05) is 65.0 Å². The molecule has 2 heterocycles. The smallest absolute Gasteiger partial charge is 0.331 e. The van der Waals surface area contributed by atoms with Gasteiger partial charge in [0, 0.05) is 80.5 Å². The van der Waals surface area contributed by atoms with E-state index in [0.717, 1.165) is 23.0 Å². The van der Waals surface area contributed by atoms with E-state index >= 15 is 0 Å². The van der Waals surface area contributed by atoms with Gasteiger partial charge in [0.15, 0.2) is 4.93 Å². The van der Waals surface area contributed by atoms with Crippen molar-refractivity contribution in [2.24, 2.45) is 0 Å². The van der Waals surface area contributed by atoms with Crippen LogP contribution in [-0.4, -0.2) is 98.5 Å². The van der Waals surface area contributed by atoms with Crippen molar-refractivity contribution in [3.05, 3.63) is 48.6 Å². The predicted molar refractivity (Wildman–Crippen MR) is 188 cm³/mol. The number of rotatable bonds is 17. The van der Waals surface area contributed by atoms with E-state index in [1.165, 1.54) is 35.2 Å². The molecule has 2 aliphatic rings. The quantitative estimate of drug-likeness (QED) is 0.0967. The van der Waals surface area contributed by atoms with Crippen molar-refractivity contribution in [3.8, 4) is 11.5 Å². The molecule has 2 saturated heterocycles. The number of thioether (sulfide) groups is 6. The van der Waals surface area contributed by atoms with E-state index in [0.29, 0.717) is 27.8 Å². The summed E-state index contributed by atoms with van der Waals surface area (Å²) in [4.78, 5) is 23.7. The molecule has 4 unspecified atom stereocenters.